The minimum atomic E-state index is -1.01. The van der Waals surface area contributed by atoms with Gasteiger partial charge in [0.1, 0.15) is 34.4 Å². The Kier molecular flexibility index (Phi) is 6.23. The number of hydrogen-bond donors (Lipinski definition) is 1. The second-order valence-electron chi connectivity index (χ2n) is 10.8. The molecule has 3 fully saturated rings. The third kappa shape index (κ3) is 4.32. The van der Waals surface area contributed by atoms with Crippen LogP contribution in [-0.4, -0.2) is 46.5 Å². The molecule has 1 aliphatic carbocycles. The Bertz CT molecular complexity index is 1580. The Morgan fingerprint density at radius 3 is 2.52 bits per heavy atom. The summed E-state index contributed by atoms with van der Waals surface area (Å²) in [6.45, 7) is 0.179. The van der Waals surface area contributed by atoms with E-state index < -0.39 is 17.6 Å². The van der Waals surface area contributed by atoms with E-state index in [9.17, 15) is 18.7 Å². The summed E-state index contributed by atoms with van der Waals surface area (Å²) in [4.78, 5) is 18.8. The summed E-state index contributed by atoms with van der Waals surface area (Å²) in [6, 6.07) is 7.38. The largest absolute Gasteiger partial charge is 0.494 e. The van der Waals surface area contributed by atoms with Crippen molar-refractivity contribution in [3.63, 3.8) is 0 Å². The van der Waals surface area contributed by atoms with Crippen LogP contribution in [0.25, 0.3) is 21.5 Å². The molecule has 2 aromatic carbocycles. The van der Waals surface area contributed by atoms with Gasteiger partial charge in [-0.15, -0.1) is 0 Å². The van der Waals surface area contributed by atoms with Crippen LogP contribution in [0.15, 0.2) is 34.9 Å². The number of nitrogens with zero attached hydrogens (tertiary/aromatic N) is 3. The monoisotopic (exact) mass is 567 g/mol. The molecule has 11 heteroatoms. The lowest BCUT2D eigenvalue weighted by Gasteiger charge is -2.38. The number of piperidine rings is 1. The van der Waals surface area contributed by atoms with E-state index in [0.29, 0.717) is 22.6 Å². The van der Waals surface area contributed by atoms with Gasteiger partial charge in [0.2, 0.25) is 0 Å². The molecule has 4 heterocycles. The lowest BCUT2D eigenvalue weighted by atomic mass is 10.00. The first-order chi connectivity index (χ1) is 19.4. The molecular weight excluding hydrogens is 540 g/mol. The van der Waals surface area contributed by atoms with Crippen molar-refractivity contribution in [2.24, 2.45) is 0 Å². The third-order valence-corrected chi connectivity index (χ3v) is 9.27. The van der Waals surface area contributed by atoms with Crippen LogP contribution in [0.3, 0.4) is 0 Å². The van der Waals surface area contributed by atoms with E-state index in [1.807, 2.05) is 0 Å². The molecule has 0 radical (unpaired) electrons. The Balaban J connectivity index is 1.11. The number of anilines is 1. The van der Waals surface area contributed by atoms with Crippen LogP contribution >= 0.6 is 11.3 Å². The van der Waals surface area contributed by atoms with E-state index in [-0.39, 0.29) is 47.5 Å². The van der Waals surface area contributed by atoms with Crippen molar-refractivity contribution in [3.8, 4) is 17.0 Å². The molecule has 1 saturated carbocycles. The van der Waals surface area contributed by atoms with Crippen LogP contribution in [0.2, 0.25) is 0 Å². The summed E-state index contributed by atoms with van der Waals surface area (Å²) >= 11 is 1.48. The van der Waals surface area contributed by atoms with Crippen LogP contribution in [0.5, 0.6) is 5.75 Å². The van der Waals surface area contributed by atoms with Crippen molar-refractivity contribution in [2.75, 3.05) is 12.0 Å². The second kappa shape index (κ2) is 9.81. The van der Waals surface area contributed by atoms with Gasteiger partial charge in [0.15, 0.2) is 5.13 Å². The number of aromatic nitrogens is 2. The van der Waals surface area contributed by atoms with E-state index in [2.05, 4.69) is 10.1 Å². The zero-order chi connectivity index (χ0) is 27.5. The zero-order valence-corrected chi connectivity index (χ0v) is 22.5. The van der Waals surface area contributed by atoms with Crippen LogP contribution in [0.4, 0.5) is 13.9 Å². The van der Waals surface area contributed by atoms with Gasteiger partial charge >= 0.3 is 5.97 Å². The number of ether oxygens (including phenoxy) is 2. The number of halogens is 2. The van der Waals surface area contributed by atoms with E-state index >= 15 is 0 Å². The van der Waals surface area contributed by atoms with E-state index in [0.717, 1.165) is 48.4 Å². The highest BCUT2D eigenvalue weighted by molar-refractivity contribution is 7.22. The highest BCUT2D eigenvalue weighted by Crippen LogP contribution is 2.47. The summed E-state index contributed by atoms with van der Waals surface area (Å²) in [6.07, 6.45) is 5.48. The van der Waals surface area contributed by atoms with E-state index in [1.54, 1.807) is 6.07 Å². The van der Waals surface area contributed by atoms with Gasteiger partial charge in [-0.1, -0.05) is 22.6 Å². The van der Waals surface area contributed by atoms with Crippen molar-refractivity contribution in [3.05, 3.63) is 58.9 Å². The summed E-state index contributed by atoms with van der Waals surface area (Å²) in [5.41, 5.74) is 1.47. The van der Waals surface area contributed by atoms with Crippen molar-refractivity contribution in [1.82, 2.24) is 10.1 Å². The molecule has 4 aromatic rings. The Morgan fingerprint density at radius 2 is 1.88 bits per heavy atom. The van der Waals surface area contributed by atoms with Gasteiger partial charge in [-0.3, -0.25) is 0 Å². The number of rotatable bonds is 8. The first-order valence-electron chi connectivity index (χ1n) is 13.5. The summed E-state index contributed by atoms with van der Waals surface area (Å²) in [7, 11) is 1.52. The highest BCUT2D eigenvalue weighted by atomic mass is 32.1. The maximum absolute atomic E-state index is 14.6. The standard InChI is InChI=1S/C29H27F2N3O5S/c1-37-22-9-15(28(35)36)10-23-26(22)32-29(40-23)34-16-7-8-17(34)12-18(11-16)38-13-19-25(33-39-27(19)14-5-6-14)24-20(30)3-2-4-21(24)31/h2-4,9-10,14,16-18H,5-8,11-13H2,1H3,(H,35,36)/t16-,17?,18-/m0/s1. The van der Waals surface area contributed by atoms with Gasteiger partial charge in [-0.05, 0) is 62.8 Å². The maximum Gasteiger partial charge on any atom is 0.335 e. The molecule has 40 heavy (non-hydrogen) atoms. The third-order valence-electron chi connectivity index (χ3n) is 8.26. The number of carboxylic acids is 1. The van der Waals surface area contributed by atoms with Gasteiger partial charge in [-0.2, -0.15) is 0 Å². The predicted molar refractivity (Wildman–Crippen MR) is 144 cm³/mol. The van der Waals surface area contributed by atoms with Crippen molar-refractivity contribution in [2.45, 2.75) is 69.2 Å². The molecule has 1 N–H and O–H groups in total. The first kappa shape index (κ1) is 25.4. The van der Waals surface area contributed by atoms with Crippen LogP contribution < -0.4 is 9.64 Å². The molecule has 1 unspecified atom stereocenters. The van der Waals surface area contributed by atoms with Crippen molar-refractivity contribution < 1.29 is 32.7 Å². The van der Waals surface area contributed by atoms with Gasteiger partial charge < -0.3 is 24.0 Å². The quantitative estimate of drug-likeness (QED) is 0.257. The average Bonchev–Trinajstić information content (AvgIpc) is 3.46. The number of fused-ring (bicyclic) bond motifs is 3. The predicted octanol–water partition coefficient (Wildman–Crippen LogP) is 6.53. The Hall–Kier alpha value is -3.57. The second-order valence-corrected chi connectivity index (χ2v) is 11.8. The molecule has 2 aliphatic heterocycles. The maximum atomic E-state index is 14.6. The van der Waals surface area contributed by atoms with Crippen LogP contribution in [-0.2, 0) is 11.3 Å². The number of hydrogen-bond acceptors (Lipinski definition) is 8. The Labute approximate surface area is 232 Å². The molecule has 0 spiro atoms. The number of thiazole rings is 1. The van der Waals surface area contributed by atoms with Gasteiger partial charge in [0.05, 0.1) is 35.6 Å². The number of methoxy groups -OCH3 is 1. The van der Waals surface area contributed by atoms with E-state index in [1.165, 1.54) is 42.7 Å². The fourth-order valence-corrected chi connectivity index (χ4v) is 7.37. The number of carbonyl (C=O) groups is 1. The molecule has 208 valence electrons. The molecule has 3 atom stereocenters. The van der Waals surface area contributed by atoms with Crippen LogP contribution in [0, 0.1) is 11.6 Å². The number of carboxylic acid groups (broad SMARTS) is 1. The molecule has 2 bridgehead atoms. The van der Waals surface area contributed by atoms with Crippen molar-refractivity contribution >= 4 is 32.7 Å². The lowest BCUT2D eigenvalue weighted by Crippen LogP contribution is -2.45. The first-order valence-corrected chi connectivity index (χ1v) is 14.3. The fourth-order valence-electron chi connectivity index (χ4n) is 6.20. The van der Waals surface area contributed by atoms with Crippen molar-refractivity contribution in [1.29, 1.82) is 0 Å². The summed E-state index contributed by atoms with van der Waals surface area (Å²) in [5.74, 6) is -1.03. The Morgan fingerprint density at radius 1 is 1.15 bits per heavy atom. The topological polar surface area (TPSA) is 97.9 Å². The highest BCUT2D eigenvalue weighted by Gasteiger charge is 2.43. The molecular formula is C29H27F2N3O5S. The number of aromatic carboxylic acids is 1. The molecule has 0 amide bonds. The zero-order valence-electron chi connectivity index (χ0n) is 21.7. The smallest absolute Gasteiger partial charge is 0.335 e. The average molecular weight is 568 g/mol. The molecule has 8 nitrogen and oxygen atoms in total. The van der Waals surface area contributed by atoms with Gasteiger partial charge in [0.25, 0.3) is 0 Å². The molecule has 2 aromatic heterocycles. The van der Waals surface area contributed by atoms with Crippen LogP contribution in [0.1, 0.15) is 66.1 Å². The fraction of sp³-hybridized carbons (Fsp3) is 0.414. The number of benzene rings is 2. The molecule has 2 saturated heterocycles. The summed E-state index contributed by atoms with van der Waals surface area (Å²) < 4.78 is 47.5. The van der Waals surface area contributed by atoms with Gasteiger partial charge in [0, 0.05) is 23.6 Å². The minimum Gasteiger partial charge on any atom is -0.494 e. The normalized spacial score (nSPS) is 22.3. The summed E-state index contributed by atoms with van der Waals surface area (Å²) in [5, 5.41) is 14.4. The molecule has 7 rings (SSSR count). The lowest BCUT2D eigenvalue weighted by molar-refractivity contribution is 0.0147. The minimum absolute atomic E-state index is 0.0310. The molecule has 3 aliphatic rings. The van der Waals surface area contributed by atoms with E-state index in [4.69, 9.17) is 19.0 Å². The van der Waals surface area contributed by atoms with Gasteiger partial charge in [-0.25, -0.2) is 18.6 Å². The SMILES string of the molecule is COc1cc(C(=O)O)cc2sc(N3C4CC[C@H]3C[C@H](OCc3c(-c5c(F)cccc5F)noc3C3CC3)C4)nc12.